The molecular weight excluding hydrogens is 409 g/mol. The smallest absolute Gasteiger partial charge is 0.185 e. The first kappa shape index (κ1) is 19.4. The minimum Gasteiger partial charge on any atom is -0.369 e. The zero-order chi connectivity index (χ0) is 20.1. The molecule has 0 aliphatic carbocycles. The van der Waals surface area contributed by atoms with Gasteiger partial charge >= 0.3 is 0 Å². The second-order valence-corrected chi connectivity index (χ2v) is 7.08. The first-order valence-electron chi connectivity index (χ1n) is 9.15. The van der Waals surface area contributed by atoms with Gasteiger partial charge in [-0.3, -0.25) is 5.43 Å². The lowest BCUT2D eigenvalue weighted by Crippen LogP contribution is -2.27. The lowest BCUT2D eigenvalue weighted by molar-refractivity contribution is 0.874. The van der Waals surface area contributed by atoms with Crippen LogP contribution in [0.2, 0.25) is 0 Å². The number of fused-ring (bicyclic) bond motifs is 3. The number of nitrogens with zero attached hydrogens (tertiary/aromatic N) is 6. The van der Waals surface area contributed by atoms with Gasteiger partial charge in [0.15, 0.2) is 11.5 Å². The molecule has 4 aromatic rings. The van der Waals surface area contributed by atoms with Crippen molar-refractivity contribution in [1.82, 2.24) is 19.8 Å². The first-order chi connectivity index (χ1) is 14.3. The van der Waals surface area contributed by atoms with Crippen LogP contribution in [0.25, 0.3) is 16.4 Å². The number of nitrogens with one attached hydrogen (secondary N) is 1. The Morgan fingerprint density at radius 2 is 1.72 bits per heavy atom. The van der Waals surface area contributed by atoms with Gasteiger partial charge in [0.1, 0.15) is 6.33 Å². The first-order valence-corrected chi connectivity index (χ1v) is 10.2. The maximum absolute atomic E-state index is 5.88. The second-order valence-electron chi connectivity index (χ2n) is 6.32. The van der Waals surface area contributed by atoms with Gasteiger partial charge in [-0.25, -0.2) is 0 Å². The summed E-state index contributed by atoms with van der Waals surface area (Å²) in [5.41, 5.74) is 5.80. The van der Waals surface area contributed by atoms with Crippen LogP contribution in [-0.4, -0.2) is 50.9 Å². The van der Waals surface area contributed by atoms with Crippen molar-refractivity contribution in [3.8, 4) is 0 Å². The summed E-state index contributed by atoms with van der Waals surface area (Å²) in [5, 5.41) is 18.8. The van der Waals surface area contributed by atoms with Gasteiger partial charge in [0, 0.05) is 41.3 Å². The standard InChI is InChI=1S/C20H19Cl2N7/c21-9-11-28(12-10-22)16-7-5-15(6-8-16)13-23-25-19-17-3-1-2-4-18(17)20-26-24-14-29(20)27-19/h1-8,13-14H,9-12H2,(H,25,27). The van der Waals surface area contributed by atoms with Crippen molar-refractivity contribution in [2.24, 2.45) is 5.10 Å². The number of hydrogen-bond acceptors (Lipinski definition) is 6. The van der Waals surface area contributed by atoms with Crippen molar-refractivity contribution in [1.29, 1.82) is 0 Å². The van der Waals surface area contributed by atoms with E-state index >= 15 is 0 Å². The Morgan fingerprint density at radius 3 is 2.45 bits per heavy atom. The van der Waals surface area contributed by atoms with Crippen molar-refractivity contribution in [3.05, 3.63) is 60.4 Å². The summed E-state index contributed by atoms with van der Waals surface area (Å²) in [7, 11) is 0. The maximum atomic E-state index is 5.88. The van der Waals surface area contributed by atoms with Gasteiger partial charge in [0.25, 0.3) is 0 Å². The van der Waals surface area contributed by atoms with Crippen molar-refractivity contribution < 1.29 is 0 Å². The molecule has 0 saturated heterocycles. The summed E-state index contributed by atoms with van der Waals surface area (Å²) in [6.45, 7) is 1.52. The molecule has 0 bridgehead atoms. The molecule has 9 heteroatoms. The lowest BCUT2D eigenvalue weighted by atomic mass is 10.2. The Balaban J connectivity index is 1.53. The molecule has 0 aliphatic rings. The minimum absolute atomic E-state index is 0.557. The van der Waals surface area contributed by atoms with Gasteiger partial charge in [-0.15, -0.1) is 38.5 Å². The van der Waals surface area contributed by atoms with E-state index in [-0.39, 0.29) is 0 Å². The van der Waals surface area contributed by atoms with E-state index in [0.29, 0.717) is 23.2 Å². The molecular formula is C20H19Cl2N7. The Kier molecular flexibility index (Phi) is 6.07. The van der Waals surface area contributed by atoms with Gasteiger partial charge in [0.2, 0.25) is 0 Å². The van der Waals surface area contributed by atoms with Crippen LogP contribution in [0.3, 0.4) is 0 Å². The molecule has 0 fully saturated rings. The van der Waals surface area contributed by atoms with E-state index in [4.69, 9.17) is 23.2 Å². The SMILES string of the molecule is ClCCN(CCCl)c1ccc(C=NNc2nn3cnnc3c3ccccc23)cc1. The summed E-state index contributed by atoms with van der Waals surface area (Å²) >= 11 is 11.8. The number of aromatic nitrogens is 4. The van der Waals surface area contributed by atoms with Crippen LogP contribution >= 0.6 is 23.2 Å². The van der Waals surface area contributed by atoms with E-state index in [1.807, 2.05) is 48.5 Å². The number of rotatable bonds is 8. The van der Waals surface area contributed by atoms with Crippen molar-refractivity contribution >= 4 is 57.3 Å². The highest BCUT2D eigenvalue weighted by Crippen LogP contribution is 2.23. The number of hydrazone groups is 1. The summed E-state index contributed by atoms with van der Waals surface area (Å²) in [6.07, 6.45) is 3.33. The normalized spacial score (nSPS) is 11.5. The van der Waals surface area contributed by atoms with Crippen LogP contribution in [0.1, 0.15) is 5.56 Å². The second kappa shape index (κ2) is 9.07. The Bertz CT molecular complexity index is 1120. The third-order valence-electron chi connectivity index (χ3n) is 4.51. The fourth-order valence-corrected chi connectivity index (χ4v) is 3.53. The van der Waals surface area contributed by atoms with E-state index in [9.17, 15) is 0 Å². The van der Waals surface area contributed by atoms with Gasteiger partial charge in [0.05, 0.1) is 6.21 Å². The Labute approximate surface area is 177 Å². The lowest BCUT2D eigenvalue weighted by Gasteiger charge is -2.22. The summed E-state index contributed by atoms with van der Waals surface area (Å²) < 4.78 is 1.64. The van der Waals surface area contributed by atoms with Gasteiger partial charge < -0.3 is 4.90 Å². The number of alkyl halides is 2. The van der Waals surface area contributed by atoms with E-state index in [0.717, 1.165) is 35.1 Å². The molecule has 0 atom stereocenters. The van der Waals surface area contributed by atoms with Gasteiger partial charge in [-0.1, -0.05) is 36.4 Å². The number of anilines is 2. The summed E-state index contributed by atoms with van der Waals surface area (Å²) in [5.74, 6) is 1.75. The van der Waals surface area contributed by atoms with E-state index < -0.39 is 0 Å². The quantitative estimate of drug-likeness (QED) is 0.261. The third kappa shape index (κ3) is 4.26. The highest BCUT2D eigenvalue weighted by atomic mass is 35.5. The molecule has 29 heavy (non-hydrogen) atoms. The Morgan fingerprint density at radius 1 is 1.00 bits per heavy atom. The molecule has 2 aromatic carbocycles. The molecule has 4 rings (SSSR count). The highest BCUT2D eigenvalue weighted by molar-refractivity contribution is 6.18. The Hall–Kier alpha value is -2.90. The van der Waals surface area contributed by atoms with Crippen molar-refractivity contribution in [2.75, 3.05) is 35.2 Å². The largest absolute Gasteiger partial charge is 0.369 e. The number of hydrogen-bond donors (Lipinski definition) is 1. The molecule has 0 spiro atoms. The predicted octanol–water partition coefficient (Wildman–Crippen LogP) is 4.01. The maximum Gasteiger partial charge on any atom is 0.185 e. The van der Waals surface area contributed by atoms with Gasteiger partial charge in [-0.2, -0.15) is 9.62 Å². The van der Waals surface area contributed by atoms with Crippen LogP contribution in [0.15, 0.2) is 60.0 Å². The fourth-order valence-electron chi connectivity index (χ4n) is 3.12. The molecule has 0 aliphatic heterocycles. The molecule has 2 aromatic heterocycles. The molecule has 0 amide bonds. The molecule has 0 saturated carbocycles. The monoisotopic (exact) mass is 427 g/mol. The zero-order valence-corrected chi connectivity index (χ0v) is 17.1. The zero-order valence-electron chi connectivity index (χ0n) is 15.5. The van der Waals surface area contributed by atoms with Crippen LogP contribution in [0, 0.1) is 0 Å². The topological polar surface area (TPSA) is 70.7 Å². The van der Waals surface area contributed by atoms with E-state index in [1.54, 1.807) is 17.1 Å². The minimum atomic E-state index is 0.557. The summed E-state index contributed by atoms with van der Waals surface area (Å²) in [6, 6.07) is 16.0. The molecule has 1 N–H and O–H groups in total. The average Bonchev–Trinajstić information content (AvgIpc) is 3.23. The van der Waals surface area contributed by atoms with Crippen molar-refractivity contribution in [2.45, 2.75) is 0 Å². The van der Waals surface area contributed by atoms with Crippen LogP contribution < -0.4 is 10.3 Å². The average molecular weight is 428 g/mol. The van der Waals surface area contributed by atoms with Crippen LogP contribution in [0.5, 0.6) is 0 Å². The van der Waals surface area contributed by atoms with Crippen LogP contribution in [-0.2, 0) is 0 Å². The van der Waals surface area contributed by atoms with Crippen molar-refractivity contribution in [3.63, 3.8) is 0 Å². The molecule has 2 heterocycles. The molecule has 0 unspecified atom stereocenters. The molecule has 0 radical (unpaired) electrons. The third-order valence-corrected chi connectivity index (χ3v) is 4.85. The fraction of sp³-hybridized carbons (Fsp3) is 0.200. The van der Waals surface area contributed by atoms with E-state index in [2.05, 4.69) is 30.7 Å². The molecule has 7 nitrogen and oxygen atoms in total. The van der Waals surface area contributed by atoms with Gasteiger partial charge in [-0.05, 0) is 17.7 Å². The highest BCUT2D eigenvalue weighted by Gasteiger charge is 2.09. The summed E-state index contributed by atoms with van der Waals surface area (Å²) in [4.78, 5) is 2.16. The predicted molar refractivity (Wildman–Crippen MR) is 120 cm³/mol. The van der Waals surface area contributed by atoms with E-state index in [1.165, 1.54) is 0 Å². The number of benzene rings is 2. The molecule has 148 valence electrons. The van der Waals surface area contributed by atoms with Crippen LogP contribution in [0.4, 0.5) is 11.5 Å². The number of halogens is 2.